The number of aliphatic hydroxyl groups is 1. The number of likely N-dealkylation sites (tertiary alicyclic amines) is 1. The van der Waals surface area contributed by atoms with Crippen LogP contribution in [0.1, 0.15) is 56.4 Å². The summed E-state index contributed by atoms with van der Waals surface area (Å²) in [7, 11) is 2.10. The molecule has 0 saturated carbocycles. The van der Waals surface area contributed by atoms with Gasteiger partial charge in [0.2, 0.25) is 5.91 Å². The molecule has 23 heavy (non-hydrogen) atoms. The smallest absolute Gasteiger partial charge is 0.220 e. The summed E-state index contributed by atoms with van der Waals surface area (Å²) in [5.41, 5.74) is 1.27. The highest BCUT2D eigenvalue weighted by molar-refractivity contribution is 5.76. The molecule has 2 heterocycles. The van der Waals surface area contributed by atoms with Crippen LogP contribution < -0.4 is 5.32 Å². The van der Waals surface area contributed by atoms with Crippen LogP contribution in [0, 0.1) is 6.92 Å². The molecule has 0 spiro atoms. The second kappa shape index (κ2) is 7.36. The summed E-state index contributed by atoms with van der Waals surface area (Å²) < 4.78 is 0. The lowest BCUT2D eigenvalue weighted by Gasteiger charge is -2.23. The van der Waals surface area contributed by atoms with Crippen LogP contribution in [0.5, 0.6) is 0 Å². The molecule has 1 saturated heterocycles. The van der Waals surface area contributed by atoms with Crippen molar-refractivity contribution in [3.05, 3.63) is 23.3 Å². The number of hydrogen-bond donors (Lipinski definition) is 2. The Hall–Kier alpha value is -1.53. The minimum absolute atomic E-state index is 0.0696. The fourth-order valence-electron chi connectivity index (χ4n) is 2.89. The molecule has 1 aliphatic rings. The number of aryl methyl sites for hydroxylation is 2. The number of hydrogen-bond acceptors (Lipinski definition) is 5. The Labute approximate surface area is 138 Å². The molecule has 1 aliphatic heterocycles. The van der Waals surface area contributed by atoms with E-state index in [9.17, 15) is 9.90 Å². The molecule has 0 radical (unpaired) electrons. The maximum Gasteiger partial charge on any atom is 0.220 e. The zero-order valence-electron chi connectivity index (χ0n) is 14.6. The lowest BCUT2D eigenvalue weighted by molar-refractivity contribution is -0.123. The first-order valence-corrected chi connectivity index (χ1v) is 8.27. The Morgan fingerprint density at radius 2 is 2.22 bits per heavy atom. The molecule has 0 aliphatic carbocycles. The van der Waals surface area contributed by atoms with Gasteiger partial charge >= 0.3 is 0 Å². The molecule has 2 N–H and O–H groups in total. The van der Waals surface area contributed by atoms with Gasteiger partial charge in [-0.15, -0.1) is 0 Å². The van der Waals surface area contributed by atoms with Crippen LogP contribution in [0.25, 0.3) is 0 Å². The van der Waals surface area contributed by atoms with Crippen molar-refractivity contribution in [2.45, 2.75) is 58.0 Å². The summed E-state index contributed by atoms with van der Waals surface area (Å²) in [6.45, 7) is 6.57. The van der Waals surface area contributed by atoms with Crippen molar-refractivity contribution in [3.63, 3.8) is 0 Å². The lowest BCUT2D eigenvalue weighted by Crippen LogP contribution is -2.46. The normalized spacial score (nSPS) is 19.1. The van der Waals surface area contributed by atoms with Gasteiger partial charge in [0.1, 0.15) is 5.82 Å². The minimum Gasteiger partial charge on any atom is -0.394 e. The van der Waals surface area contributed by atoms with Crippen LogP contribution >= 0.6 is 0 Å². The number of carbonyl (C=O) groups excluding carboxylic acids is 1. The Bertz CT molecular complexity index is 560. The summed E-state index contributed by atoms with van der Waals surface area (Å²) in [4.78, 5) is 23.5. The van der Waals surface area contributed by atoms with Crippen molar-refractivity contribution in [1.82, 2.24) is 20.2 Å². The summed E-state index contributed by atoms with van der Waals surface area (Å²) in [5.74, 6) is 0.802. The first-order valence-electron chi connectivity index (χ1n) is 8.27. The van der Waals surface area contributed by atoms with E-state index in [2.05, 4.69) is 27.2 Å². The average molecular weight is 320 g/mol. The molecule has 1 atom stereocenters. The fraction of sp³-hybridized carbons (Fsp3) is 0.706. The van der Waals surface area contributed by atoms with Crippen LogP contribution in [0.3, 0.4) is 0 Å². The van der Waals surface area contributed by atoms with Gasteiger partial charge in [0, 0.05) is 17.8 Å². The van der Waals surface area contributed by atoms with Crippen molar-refractivity contribution in [1.29, 1.82) is 0 Å². The second-order valence-corrected chi connectivity index (χ2v) is 7.09. The summed E-state index contributed by atoms with van der Waals surface area (Å²) >= 11 is 0. The van der Waals surface area contributed by atoms with E-state index in [0.29, 0.717) is 12.8 Å². The maximum absolute atomic E-state index is 12.0. The number of nitrogens with zero attached hydrogens (tertiary/aromatic N) is 3. The van der Waals surface area contributed by atoms with E-state index >= 15 is 0 Å². The number of carbonyl (C=O) groups is 1. The summed E-state index contributed by atoms with van der Waals surface area (Å²) in [6, 6.07) is 2.24. The first kappa shape index (κ1) is 17.8. The van der Waals surface area contributed by atoms with E-state index in [1.165, 1.54) is 6.42 Å². The van der Waals surface area contributed by atoms with Gasteiger partial charge in [-0.2, -0.15) is 0 Å². The third-order valence-corrected chi connectivity index (χ3v) is 4.22. The number of nitrogens with one attached hydrogen (secondary N) is 1. The first-order chi connectivity index (χ1) is 10.8. The van der Waals surface area contributed by atoms with E-state index < -0.39 is 5.54 Å². The quantitative estimate of drug-likeness (QED) is 0.828. The van der Waals surface area contributed by atoms with E-state index in [-0.39, 0.29) is 18.6 Å². The molecule has 0 bridgehead atoms. The number of aromatic nitrogens is 2. The Balaban J connectivity index is 2.00. The summed E-state index contributed by atoms with van der Waals surface area (Å²) in [6.07, 6.45) is 3.21. The minimum atomic E-state index is -0.587. The molecule has 6 nitrogen and oxygen atoms in total. The van der Waals surface area contributed by atoms with Gasteiger partial charge in [0.15, 0.2) is 0 Å². The average Bonchev–Trinajstić information content (AvgIpc) is 2.90. The molecule has 0 aromatic carbocycles. The molecule has 1 fully saturated rings. The van der Waals surface area contributed by atoms with E-state index in [1.807, 2.05) is 13.0 Å². The molecular weight excluding hydrogens is 292 g/mol. The highest BCUT2D eigenvalue weighted by Crippen LogP contribution is 2.28. The van der Waals surface area contributed by atoms with Gasteiger partial charge in [-0.25, -0.2) is 9.97 Å². The largest absolute Gasteiger partial charge is 0.394 e. The van der Waals surface area contributed by atoms with Crippen molar-refractivity contribution in [3.8, 4) is 0 Å². The molecular formula is C17H28N4O2. The van der Waals surface area contributed by atoms with Gasteiger partial charge in [-0.3, -0.25) is 9.69 Å². The lowest BCUT2D eigenvalue weighted by atomic mass is 10.1. The highest BCUT2D eigenvalue weighted by Gasteiger charge is 2.25. The zero-order valence-corrected chi connectivity index (χ0v) is 14.6. The van der Waals surface area contributed by atoms with Crippen molar-refractivity contribution in [2.75, 3.05) is 20.2 Å². The molecule has 1 amide bonds. The third kappa shape index (κ3) is 4.97. The maximum atomic E-state index is 12.0. The second-order valence-electron chi connectivity index (χ2n) is 7.09. The fourth-order valence-corrected chi connectivity index (χ4v) is 2.89. The Morgan fingerprint density at radius 3 is 2.83 bits per heavy atom. The number of rotatable bonds is 6. The van der Waals surface area contributed by atoms with Crippen LogP contribution in [-0.4, -0.2) is 51.6 Å². The van der Waals surface area contributed by atoms with Crippen molar-refractivity contribution >= 4 is 5.91 Å². The Kier molecular flexibility index (Phi) is 5.70. The molecule has 0 unspecified atom stereocenters. The molecule has 6 heteroatoms. The number of aliphatic hydroxyl groups excluding tert-OH is 1. The SMILES string of the molecule is Cc1cc(CCC(=O)NC(C)(C)CO)nc([C@@H]2CCCN2C)n1. The topological polar surface area (TPSA) is 78.3 Å². The van der Waals surface area contributed by atoms with Gasteiger partial charge in [0.25, 0.3) is 0 Å². The van der Waals surface area contributed by atoms with Gasteiger partial charge in [0.05, 0.1) is 18.2 Å². The molecule has 128 valence electrons. The van der Waals surface area contributed by atoms with E-state index in [1.54, 1.807) is 13.8 Å². The molecule has 2 rings (SSSR count). The standard InChI is InChI=1S/C17H28N4O2/c1-12-10-13(7-8-15(23)20-17(2,3)11-22)19-16(18-12)14-6-5-9-21(14)4/h10,14,22H,5-9,11H2,1-4H3,(H,20,23)/t14-/m0/s1. The zero-order chi connectivity index (χ0) is 17.0. The molecule has 1 aromatic rings. The Morgan fingerprint density at radius 1 is 1.48 bits per heavy atom. The predicted molar refractivity (Wildman–Crippen MR) is 89.0 cm³/mol. The van der Waals surface area contributed by atoms with Crippen LogP contribution in [-0.2, 0) is 11.2 Å². The van der Waals surface area contributed by atoms with Gasteiger partial charge in [-0.05, 0) is 59.7 Å². The van der Waals surface area contributed by atoms with Crippen LogP contribution in [0.2, 0.25) is 0 Å². The monoisotopic (exact) mass is 320 g/mol. The van der Waals surface area contributed by atoms with Crippen LogP contribution in [0.15, 0.2) is 6.07 Å². The van der Waals surface area contributed by atoms with E-state index in [4.69, 9.17) is 0 Å². The third-order valence-electron chi connectivity index (χ3n) is 4.22. The summed E-state index contributed by atoms with van der Waals surface area (Å²) in [5, 5.41) is 12.0. The van der Waals surface area contributed by atoms with Gasteiger partial charge < -0.3 is 10.4 Å². The van der Waals surface area contributed by atoms with Gasteiger partial charge in [-0.1, -0.05) is 0 Å². The van der Waals surface area contributed by atoms with Crippen molar-refractivity contribution in [2.24, 2.45) is 0 Å². The van der Waals surface area contributed by atoms with Crippen molar-refractivity contribution < 1.29 is 9.90 Å². The highest BCUT2D eigenvalue weighted by atomic mass is 16.3. The van der Waals surface area contributed by atoms with Crippen LogP contribution in [0.4, 0.5) is 0 Å². The number of amides is 1. The predicted octanol–water partition coefficient (Wildman–Crippen LogP) is 1.37. The molecule has 1 aromatic heterocycles. The van der Waals surface area contributed by atoms with E-state index in [0.717, 1.165) is 30.2 Å².